The highest BCUT2D eigenvalue weighted by Crippen LogP contribution is 2.13. The average Bonchev–Trinajstić information content (AvgIpc) is 2.71. The Balaban J connectivity index is 2.55. The van der Waals surface area contributed by atoms with Gasteiger partial charge >= 0.3 is 5.97 Å². The summed E-state index contributed by atoms with van der Waals surface area (Å²) < 4.78 is 1.42. The SMILES string of the molecule is Nc1ccc(C(=O)O)nc1-n1cccn1. The summed E-state index contributed by atoms with van der Waals surface area (Å²) in [5, 5.41) is 12.7. The van der Waals surface area contributed by atoms with Crippen LogP contribution in [0.2, 0.25) is 0 Å². The fourth-order valence-electron chi connectivity index (χ4n) is 1.16. The summed E-state index contributed by atoms with van der Waals surface area (Å²) in [6, 6.07) is 4.55. The lowest BCUT2D eigenvalue weighted by Gasteiger charge is -2.04. The van der Waals surface area contributed by atoms with Crippen LogP contribution in [0.1, 0.15) is 10.5 Å². The van der Waals surface area contributed by atoms with Gasteiger partial charge in [-0.2, -0.15) is 5.10 Å². The minimum Gasteiger partial charge on any atom is -0.477 e. The number of nitrogens with two attached hydrogens (primary N) is 1. The van der Waals surface area contributed by atoms with Gasteiger partial charge in [-0.05, 0) is 18.2 Å². The van der Waals surface area contributed by atoms with Crippen LogP contribution < -0.4 is 5.73 Å². The molecule has 0 fully saturated rings. The van der Waals surface area contributed by atoms with Crippen LogP contribution in [0.5, 0.6) is 0 Å². The molecule has 0 aliphatic rings. The van der Waals surface area contributed by atoms with Gasteiger partial charge in [0.2, 0.25) is 0 Å². The number of nitrogen functional groups attached to an aromatic ring is 1. The van der Waals surface area contributed by atoms with Gasteiger partial charge in [0.1, 0.15) is 0 Å². The van der Waals surface area contributed by atoms with Crippen molar-refractivity contribution in [1.29, 1.82) is 0 Å². The van der Waals surface area contributed by atoms with Gasteiger partial charge in [-0.25, -0.2) is 14.5 Å². The van der Waals surface area contributed by atoms with Gasteiger partial charge in [0.15, 0.2) is 11.5 Å². The van der Waals surface area contributed by atoms with Crippen molar-refractivity contribution in [1.82, 2.24) is 14.8 Å². The largest absolute Gasteiger partial charge is 0.477 e. The lowest BCUT2D eigenvalue weighted by Crippen LogP contribution is -2.08. The molecule has 0 aliphatic carbocycles. The number of carbonyl (C=O) groups is 1. The van der Waals surface area contributed by atoms with Crippen molar-refractivity contribution < 1.29 is 9.90 Å². The van der Waals surface area contributed by atoms with Gasteiger partial charge in [0.05, 0.1) is 5.69 Å². The summed E-state index contributed by atoms with van der Waals surface area (Å²) in [5.41, 5.74) is 5.98. The number of carboxylic acid groups (broad SMARTS) is 1. The predicted octanol–water partition coefficient (Wildman–Crippen LogP) is 0.548. The third kappa shape index (κ3) is 1.64. The van der Waals surface area contributed by atoms with Gasteiger partial charge < -0.3 is 10.8 Å². The van der Waals surface area contributed by atoms with Crippen LogP contribution in [-0.4, -0.2) is 25.8 Å². The zero-order chi connectivity index (χ0) is 10.8. The number of rotatable bonds is 2. The lowest BCUT2D eigenvalue weighted by molar-refractivity contribution is 0.0690. The minimum absolute atomic E-state index is 0.0605. The van der Waals surface area contributed by atoms with E-state index in [-0.39, 0.29) is 5.69 Å². The van der Waals surface area contributed by atoms with Crippen LogP contribution in [0, 0.1) is 0 Å². The molecule has 0 unspecified atom stereocenters. The van der Waals surface area contributed by atoms with E-state index in [1.54, 1.807) is 18.5 Å². The van der Waals surface area contributed by atoms with Gasteiger partial charge in [-0.15, -0.1) is 0 Å². The van der Waals surface area contributed by atoms with Crippen molar-refractivity contribution in [3.05, 3.63) is 36.3 Å². The average molecular weight is 204 g/mol. The maximum absolute atomic E-state index is 10.7. The first-order valence-electron chi connectivity index (χ1n) is 4.18. The van der Waals surface area contributed by atoms with Crippen LogP contribution in [0.15, 0.2) is 30.6 Å². The molecule has 3 N–H and O–H groups in total. The topological polar surface area (TPSA) is 94.0 Å². The van der Waals surface area contributed by atoms with Crippen molar-refractivity contribution in [2.45, 2.75) is 0 Å². The van der Waals surface area contributed by atoms with E-state index in [4.69, 9.17) is 10.8 Å². The first-order valence-corrected chi connectivity index (χ1v) is 4.18. The third-order valence-corrected chi connectivity index (χ3v) is 1.85. The molecule has 15 heavy (non-hydrogen) atoms. The van der Waals surface area contributed by atoms with Gasteiger partial charge in [-0.1, -0.05) is 0 Å². The molecular formula is C9H8N4O2. The van der Waals surface area contributed by atoms with E-state index in [9.17, 15) is 4.79 Å². The Labute approximate surface area is 85.0 Å². The molecule has 76 valence electrons. The van der Waals surface area contributed by atoms with E-state index < -0.39 is 5.97 Å². The Morgan fingerprint density at radius 1 is 1.47 bits per heavy atom. The molecule has 0 atom stereocenters. The molecule has 6 heteroatoms. The molecule has 0 aliphatic heterocycles. The normalized spacial score (nSPS) is 10.1. The number of hydrogen-bond donors (Lipinski definition) is 2. The molecule has 6 nitrogen and oxygen atoms in total. The molecule has 2 aromatic heterocycles. The van der Waals surface area contributed by atoms with Crippen molar-refractivity contribution in [3.63, 3.8) is 0 Å². The Morgan fingerprint density at radius 2 is 2.27 bits per heavy atom. The highest BCUT2D eigenvalue weighted by molar-refractivity contribution is 5.86. The van der Waals surface area contributed by atoms with Crippen LogP contribution in [0.25, 0.3) is 5.82 Å². The van der Waals surface area contributed by atoms with Crippen molar-refractivity contribution in [2.75, 3.05) is 5.73 Å². The summed E-state index contributed by atoms with van der Waals surface area (Å²) >= 11 is 0. The fourth-order valence-corrected chi connectivity index (χ4v) is 1.16. The van der Waals surface area contributed by atoms with E-state index in [0.717, 1.165) is 0 Å². The molecule has 0 aromatic carbocycles. The number of anilines is 1. The minimum atomic E-state index is -1.09. The summed E-state index contributed by atoms with van der Waals surface area (Å²) in [5.74, 6) is -0.775. The highest BCUT2D eigenvalue weighted by atomic mass is 16.4. The third-order valence-electron chi connectivity index (χ3n) is 1.85. The first kappa shape index (κ1) is 9.20. The van der Waals surface area contributed by atoms with Gasteiger partial charge in [-0.3, -0.25) is 0 Å². The number of pyridine rings is 1. The maximum Gasteiger partial charge on any atom is 0.354 e. The second kappa shape index (κ2) is 3.41. The smallest absolute Gasteiger partial charge is 0.354 e. The molecule has 0 amide bonds. The Kier molecular flexibility index (Phi) is 2.09. The lowest BCUT2D eigenvalue weighted by atomic mass is 10.3. The molecule has 0 radical (unpaired) electrons. The number of nitrogens with zero attached hydrogens (tertiary/aromatic N) is 3. The Bertz CT molecular complexity index is 493. The Hall–Kier alpha value is -2.37. The monoisotopic (exact) mass is 204 g/mol. The van der Waals surface area contributed by atoms with Crippen LogP contribution in [-0.2, 0) is 0 Å². The molecule has 2 heterocycles. The number of hydrogen-bond acceptors (Lipinski definition) is 4. The quantitative estimate of drug-likeness (QED) is 0.744. The zero-order valence-electron chi connectivity index (χ0n) is 7.66. The van der Waals surface area contributed by atoms with Crippen molar-refractivity contribution >= 4 is 11.7 Å². The second-order valence-corrected chi connectivity index (χ2v) is 2.87. The number of carboxylic acids is 1. The molecule has 2 aromatic rings. The molecule has 2 rings (SSSR count). The van der Waals surface area contributed by atoms with E-state index >= 15 is 0 Å². The Morgan fingerprint density at radius 3 is 2.87 bits per heavy atom. The van der Waals surface area contributed by atoms with Crippen LogP contribution in [0.4, 0.5) is 5.69 Å². The fraction of sp³-hybridized carbons (Fsp3) is 0. The van der Waals surface area contributed by atoms with E-state index in [2.05, 4.69) is 10.1 Å². The van der Waals surface area contributed by atoms with E-state index in [0.29, 0.717) is 11.5 Å². The number of aromatic nitrogens is 3. The molecule has 0 saturated heterocycles. The van der Waals surface area contributed by atoms with Crippen LogP contribution >= 0.6 is 0 Å². The molecule has 0 bridgehead atoms. The van der Waals surface area contributed by atoms with E-state index in [1.165, 1.54) is 16.8 Å². The maximum atomic E-state index is 10.7. The van der Waals surface area contributed by atoms with Gasteiger partial charge in [0.25, 0.3) is 0 Å². The van der Waals surface area contributed by atoms with Gasteiger partial charge in [0, 0.05) is 12.4 Å². The first-order chi connectivity index (χ1) is 7.18. The molecule has 0 saturated carbocycles. The number of aromatic carboxylic acids is 1. The summed E-state index contributed by atoms with van der Waals surface area (Å²) in [6.07, 6.45) is 3.21. The summed E-state index contributed by atoms with van der Waals surface area (Å²) in [7, 11) is 0. The molecule has 0 spiro atoms. The second-order valence-electron chi connectivity index (χ2n) is 2.87. The standard InChI is InChI=1S/C9H8N4O2/c10-6-2-3-7(9(14)15)12-8(6)13-5-1-4-11-13/h1-5H,10H2,(H,14,15). The van der Waals surface area contributed by atoms with E-state index in [1.807, 2.05) is 0 Å². The summed E-state index contributed by atoms with van der Waals surface area (Å²) in [4.78, 5) is 14.6. The highest BCUT2D eigenvalue weighted by Gasteiger charge is 2.09. The molecular weight excluding hydrogens is 196 g/mol. The predicted molar refractivity (Wildman–Crippen MR) is 52.7 cm³/mol. The van der Waals surface area contributed by atoms with Crippen LogP contribution in [0.3, 0.4) is 0 Å². The van der Waals surface area contributed by atoms with Crippen molar-refractivity contribution in [3.8, 4) is 5.82 Å². The van der Waals surface area contributed by atoms with Crippen molar-refractivity contribution in [2.24, 2.45) is 0 Å². The zero-order valence-corrected chi connectivity index (χ0v) is 7.66. The summed E-state index contributed by atoms with van der Waals surface area (Å²) in [6.45, 7) is 0.